The predicted octanol–water partition coefficient (Wildman–Crippen LogP) is 7.22. The maximum absolute atomic E-state index is 12.7. The largest absolute Gasteiger partial charge is 0.457 e. The van der Waals surface area contributed by atoms with Gasteiger partial charge in [-0.2, -0.15) is 0 Å². The normalized spacial score (nSPS) is 11.1. The molecule has 0 bridgehead atoms. The molecule has 9 heteroatoms. The SMILES string of the molecule is O=C(Cl)c1ccc(C(=O)Cl)c(Sc2ccc(Oc3ccc(S(=O)(=O)c4ccccc4)cc3)cc2)c1. The summed E-state index contributed by atoms with van der Waals surface area (Å²) >= 11 is 12.5. The summed E-state index contributed by atoms with van der Waals surface area (Å²) in [6.45, 7) is 0. The Balaban J connectivity index is 1.48. The van der Waals surface area contributed by atoms with E-state index in [1.54, 1.807) is 66.7 Å². The van der Waals surface area contributed by atoms with Gasteiger partial charge in [0.1, 0.15) is 11.5 Å². The molecule has 0 saturated carbocycles. The molecular formula is C26H16Cl2O5S2. The molecule has 0 aliphatic heterocycles. The number of hydrogen-bond donors (Lipinski definition) is 0. The third kappa shape index (κ3) is 5.94. The molecule has 0 atom stereocenters. The van der Waals surface area contributed by atoms with Crippen LogP contribution in [0.15, 0.2) is 117 Å². The van der Waals surface area contributed by atoms with Crippen molar-refractivity contribution in [2.75, 3.05) is 0 Å². The first kappa shape index (κ1) is 25.0. The fourth-order valence-corrected chi connectivity index (χ4v) is 5.76. The zero-order chi connectivity index (χ0) is 25.0. The molecule has 0 N–H and O–H groups in total. The molecule has 0 radical (unpaired) electrons. The number of rotatable bonds is 8. The molecular weight excluding hydrogens is 527 g/mol. The van der Waals surface area contributed by atoms with E-state index in [2.05, 4.69) is 0 Å². The Hall–Kier alpha value is -3.10. The van der Waals surface area contributed by atoms with Gasteiger partial charge in [0.2, 0.25) is 9.84 Å². The van der Waals surface area contributed by atoms with E-state index < -0.39 is 20.3 Å². The van der Waals surface area contributed by atoms with E-state index in [1.165, 1.54) is 42.1 Å². The molecule has 4 rings (SSSR count). The van der Waals surface area contributed by atoms with E-state index >= 15 is 0 Å². The van der Waals surface area contributed by atoms with Gasteiger partial charge in [0.25, 0.3) is 10.5 Å². The molecule has 0 aromatic heterocycles. The van der Waals surface area contributed by atoms with Crippen molar-refractivity contribution < 1.29 is 22.7 Å². The van der Waals surface area contributed by atoms with Crippen LogP contribution in [-0.2, 0) is 9.84 Å². The van der Waals surface area contributed by atoms with E-state index in [0.717, 1.165) is 4.90 Å². The smallest absolute Gasteiger partial charge is 0.253 e. The second-order valence-corrected chi connectivity index (χ2v) is 11.0. The van der Waals surface area contributed by atoms with E-state index in [9.17, 15) is 18.0 Å². The maximum Gasteiger partial charge on any atom is 0.253 e. The average molecular weight is 543 g/mol. The maximum atomic E-state index is 12.7. The minimum atomic E-state index is -3.60. The topological polar surface area (TPSA) is 77.5 Å². The average Bonchev–Trinajstić information content (AvgIpc) is 2.86. The van der Waals surface area contributed by atoms with E-state index in [4.69, 9.17) is 27.9 Å². The second kappa shape index (κ2) is 10.7. The molecule has 0 spiro atoms. The van der Waals surface area contributed by atoms with Crippen LogP contribution in [0.3, 0.4) is 0 Å². The molecule has 0 saturated heterocycles. The number of carbonyl (C=O) groups is 2. The van der Waals surface area contributed by atoms with Crippen molar-refractivity contribution in [3.05, 3.63) is 108 Å². The highest BCUT2D eigenvalue weighted by molar-refractivity contribution is 7.99. The molecule has 4 aromatic rings. The second-order valence-electron chi connectivity index (χ2n) is 7.22. The lowest BCUT2D eigenvalue weighted by molar-refractivity contribution is 0.106. The van der Waals surface area contributed by atoms with Gasteiger partial charge >= 0.3 is 0 Å². The number of halogens is 2. The van der Waals surface area contributed by atoms with E-state index in [1.807, 2.05) is 0 Å². The summed E-state index contributed by atoms with van der Waals surface area (Å²) in [5.41, 5.74) is 0.526. The monoisotopic (exact) mass is 542 g/mol. The van der Waals surface area contributed by atoms with Crippen LogP contribution < -0.4 is 4.74 Å². The van der Waals surface area contributed by atoms with Crippen molar-refractivity contribution in [2.45, 2.75) is 19.6 Å². The lowest BCUT2D eigenvalue weighted by atomic mass is 10.1. The van der Waals surface area contributed by atoms with Crippen molar-refractivity contribution >= 4 is 55.3 Å². The number of ether oxygens (including phenoxy) is 1. The minimum absolute atomic E-state index is 0.171. The first-order chi connectivity index (χ1) is 16.7. The number of sulfone groups is 1. The van der Waals surface area contributed by atoms with Crippen molar-refractivity contribution in [3.63, 3.8) is 0 Å². The molecule has 176 valence electrons. The van der Waals surface area contributed by atoms with Gasteiger partial charge in [0.05, 0.1) is 9.79 Å². The first-order valence-corrected chi connectivity index (χ1v) is 13.2. The zero-order valence-electron chi connectivity index (χ0n) is 17.9. The van der Waals surface area contributed by atoms with Crippen LogP contribution in [0.2, 0.25) is 0 Å². The van der Waals surface area contributed by atoms with Crippen molar-refractivity contribution in [1.29, 1.82) is 0 Å². The Kier molecular flexibility index (Phi) is 7.62. The van der Waals surface area contributed by atoms with Gasteiger partial charge in [-0.1, -0.05) is 30.0 Å². The quantitative estimate of drug-likeness (QED) is 0.219. The summed E-state index contributed by atoms with van der Waals surface area (Å²) in [4.78, 5) is 24.9. The molecule has 0 amide bonds. The molecule has 35 heavy (non-hydrogen) atoms. The fourth-order valence-electron chi connectivity index (χ4n) is 3.15. The Labute approximate surface area is 216 Å². The van der Waals surface area contributed by atoms with Crippen LogP contribution in [0, 0.1) is 0 Å². The summed E-state index contributed by atoms with van der Waals surface area (Å²) in [7, 11) is -3.60. The molecule has 0 heterocycles. The van der Waals surface area contributed by atoms with Gasteiger partial charge < -0.3 is 4.74 Å². The lowest BCUT2D eigenvalue weighted by Crippen LogP contribution is -2.01. The van der Waals surface area contributed by atoms with E-state index in [0.29, 0.717) is 16.4 Å². The van der Waals surface area contributed by atoms with Crippen LogP contribution in [0.25, 0.3) is 0 Å². The first-order valence-electron chi connectivity index (χ1n) is 10.1. The van der Waals surface area contributed by atoms with Crippen LogP contribution in [0.5, 0.6) is 11.5 Å². The van der Waals surface area contributed by atoms with E-state index in [-0.39, 0.29) is 20.9 Å². The summed E-state index contributed by atoms with van der Waals surface area (Å²) in [5.74, 6) is 1.01. The third-order valence-corrected chi connectivity index (χ3v) is 8.17. The van der Waals surface area contributed by atoms with Gasteiger partial charge in [-0.25, -0.2) is 8.42 Å². The third-order valence-electron chi connectivity index (χ3n) is 4.90. The predicted molar refractivity (Wildman–Crippen MR) is 136 cm³/mol. The van der Waals surface area contributed by atoms with Gasteiger partial charge in [-0.3, -0.25) is 9.59 Å². The highest BCUT2D eigenvalue weighted by atomic mass is 35.5. The Bertz CT molecular complexity index is 1490. The molecule has 5 nitrogen and oxygen atoms in total. The van der Waals surface area contributed by atoms with Crippen molar-refractivity contribution in [3.8, 4) is 11.5 Å². The van der Waals surface area contributed by atoms with Crippen LogP contribution in [-0.4, -0.2) is 18.9 Å². The fraction of sp³-hybridized carbons (Fsp3) is 0. The molecule has 0 aliphatic rings. The number of benzene rings is 4. The Morgan fingerprint density at radius 1 is 0.686 bits per heavy atom. The minimum Gasteiger partial charge on any atom is -0.457 e. The standard InChI is InChI=1S/C26H16Cl2O5S2/c27-25(29)17-6-15-23(26(28)30)24(16-17)34-20-11-7-18(8-12-20)33-19-9-13-22(14-10-19)35(31,32)21-4-2-1-3-5-21/h1-16H. The summed E-state index contributed by atoms with van der Waals surface area (Å²) in [6.07, 6.45) is 0. The van der Waals surface area contributed by atoms with Crippen molar-refractivity contribution in [2.24, 2.45) is 0 Å². The molecule has 0 aliphatic carbocycles. The Morgan fingerprint density at radius 3 is 1.83 bits per heavy atom. The van der Waals surface area contributed by atoms with Crippen LogP contribution in [0.4, 0.5) is 0 Å². The van der Waals surface area contributed by atoms with Gasteiger partial charge in [-0.15, -0.1) is 0 Å². The summed E-state index contributed by atoms with van der Waals surface area (Å²) < 4.78 is 31.3. The molecule has 0 unspecified atom stereocenters. The number of carbonyl (C=O) groups excluding carboxylic acids is 2. The lowest BCUT2D eigenvalue weighted by Gasteiger charge is -2.10. The van der Waals surface area contributed by atoms with Crippen LogP contribution in [0.1, 0.15) is 20.7 Å². The van der Waals surface area contributed by atoms with Gasteiger partial charge in [0.15, 0.2) is 0 Å². The Morgan fingerprint density at radius 2 is 1.26 bits per heavy atom. The zero-order valence-corrected chi connectivity index (χ0v) is 21.0. The van der Waals surface area contributed by atoms with Gasteiger partial charge in [-0.05, 0) is 102 Å². The number of hydrogen-bond acceptors (Lipinski definition) is 6. The molecule has 4 aromatic carbocycles. The summed E-state index contributed by atoms with van der Waals surface area (Å²) in [5, 5.41) is -1.27. The highest BCUT2D eigenvalue weighted by Crippen LogP contribution is 2.34. The van der Waals surface area contributed by atoms with Crippen LogP contribution >= 0.6 is 35.0 Å². The highest BCUT2D eigenvalue weighted by Gasteiger charge is 2.17. The summed E-state index contributed by atoms with van der Waals surface area (Å²) in [6, 6.07) is 25.8. The molecule has 0 fully saturated rings. The van der Waals surface area contributed by atoms with Crippen molar-refractivity contribution in [1.82, 2.24) is 0 Å². The van der Waals surface area contributed by atoms with Gasteiger partial charge in [0, 0.05) is 20.9 Å².